The van der Waals surface area contributed by atoms with Gasteiger partial charge in [0.1, 0.15) is 5.82 Å². The highest BCUT2D eigenvalue weighted by atomic mass is 19.1. The summed E-state index contributed by atoms with van der Waals surface area (Å²) in [5.41, 5.74) is 2.84. The van der Waals surface area contributed by atoms with E-state index >= 15 is 0 Å². The molecule has 29 heavy (non-hydrogen) atoms. The number of aryl methyl sites for hydroxylation is 1. The maximum atomic E-state index is 13.2. The Morgan fingerprint density at radius 2 is 1.79 bits per heavy atom. The van der Waals surface area contributed by atoms with E-state index in [4.69, 9.17) is 0 Å². The first-order chi connectivity index (χ1) is 14.2. The molecule has 0 saturated carbocycles. The molecule has 6 heteroatoms. The molecule has 2 unspecified atom stereocenters. The van der Waals surface area contributed by atoms with Crippen molar-refractivity contribution in [3.63, 3.8) is 0 Å². The molecule has 0 aliphatic carbocycles. The van der Waals surface area contributed by atoms with Crippen LogP contribution in [0.1, 0.15) is 25.0 Å². The minimum atomic E-state index is -0.178. The predicted molar refractivity (Wildman–Crippen MR) is 113 cm³/mol. The van der Waals surface area contributed by atoms with Crippen LogP contribution in [-0.4, -0.2) is 46.6 Å². The van der Waals surface area contributed by atoms with Crippen LogP contribution in [0.2, 0.25) is 0 Å². The molecule has 2 aromatic heterocycles. The van der Waals surface area contributed by atoms with Crippen molar-refractivity contribution >= 4 is 16.6 Å². The fourth-order valence-corrected chi connectivity index (χ4v) is 4.91. The smallest absolute Gasteiger partial charge is 0.257 e. The van der Waals surface area contributed by atoms with Crippen molar-refractivity contribution in [2.45, 2.75) is 37.8 Å². The van der Waals surface area contributed by atoms with E-state index < -0.39 is 0 Å². The molecule has 2 aliphatic heterocycles. The summed E-state index contributed by atoms with van der Waals surface area (Å²) in [5.74, 6) is -0.178. The third kappa shape index (κ3) is 3.65. The second-order valence-corrected chi connectivity index (χ2v) is 8.15. The molecule has 1 N–H and O–H groups in total. The molecule has 5 nitrogen and oxygen atoms in total. The maximum Gasteiger partial charge on any atom is 0.257 e. The van der Waals surface area contributed by atoms with E-state index in [1.165, 1.54) is 12.8 Å². The number of pyridine rings is 2. The van der Waals surface area contributed by atoms with E-state index in [0.29, 0.717) is 17.5 Å². The molecule has 0 radical (unpaired) electrons. The lowest BCUT2D eigenvalue weighted by Crippen LogP contribution is -2.54. The molecule has 5 rings (SSSR count). The van der Waals surface area contributed by atoms with Gasteiger partial charge in [0, 0.05) is 42.8 Å². The zero-order valence-corrected chi connectivity index (χ0v) is 16.4. The molecule has 2 atom stereocenters. The number of aromatic amines is 1. The number of hydrogen-bond donors (Lipinski definition) is 1. The first-order valence-electron chi connectivity index (χ1n) is 10.4. The van der Waals surface area contributed by atoms with E-state index in [1.54, 1.807) is 18.3 Å². The standard InChI is InChI=1S/C23H25FN4O/c24-16-3-6-18(7-4-16)27-14-19-8-9-20(15-27)28(19)13-1-2-17-5-10-21-22(26-17)11-12-25-23(21)29/h3-7,10-12,19-20H,1-2,8-9,13-15H2,(H,25,29). The third-order valence-corrected chi connectivity index (χ3v) is 6.36. The Kier molecular flexibility index (Phi) is 4.79. The van der Waals surface area contributed by atoms with Gasteiger partial charge in [-0.1, -0.05) is 0 Å². The number of halogens is 1. The Hall–Kier alpha value is -2.73. The Morgan fingerprint density at radius 3 is 2.55 bits per heavy atom. The van der Waals surface area contributed by atoms with Crippen LogP contribution in [0.3, 0.4) is 0 Å². The highest BCUT2D eigenvalue weighted by Gasteiger charge is 2.39. The second-order valence-electron chi connectivity index (χ2n) is 8.15. The molecule has 2 saturated heterocycles. The molecule has 150 valence electrons. The van der Waals surface area contributed by atoms with Crippen molar-refractivity contribution in [2.24, 2.45) is 0 Å². The number of anilines is 1. The largest absolute Gasteiger partial charge is 0.368 e. The fourth-order valence-electron chi connectivity index (χ4n) is 4.91. The number of H-pyrrole nitrogens is 1. The van der Waals surface area contributed by atoms with Gasteiger partial charge >= 0.3 is 0 Å². The van der Waals surface area contributed by atoms with Gasteiger partial charge in [-0.2, -0.15) is 0 Å². The first-order valence-corrected chi connectivity index (χ1v) is 10.4. The first kappa shape index (κ1) is 18.3. The number of hydrogen-bond acceptors (Lipinski definition) is 4. The normalized spacial score (nSPS) is 21.8. The van der Waals surface area contributed by atoms with Crippen molar-refractivity contribution in [3.8, 4) is 0 Å². The van der Waals surface area contributed by atoms with E-state index in [-0.39, 0.29) is 11.4 Å². The molecule has 2 bridgehead atoms. The Morgan fingerprint density at radius 1 is 1.03 bits per heavy atom. The van der Waals surface area contributed by atoms with Crippen LogP contribution >= 0.6 is 0 Å². The molecule has 1 aromatic carbocycles. The number of fused-ring (bicyclic) bond motifs is 3. The quantitative estimate of drug-likeness (QED) is 0.724. The third-order valence-electron chi connectivity index (χ3n) is 6.36. The van der Waals surface area contributed by atoms with Crippen molar-refractivity contribution in [2.75, 3.05) is 24.5 Å². The Bertz CT molecular complexity index is 1050. The van der Waals surface area contributed by atoms with Gasteiger partial charge in [0.2, 0.25) is 0 Å². The highest BCUT2D eigenvalue weighted by molar-refractivity contribution is 5.77. The van der Waals surface area contributed by atoms with Crippen LogP contribution in [0, 0.1) is 5.82 Å². The summed E-state index contributed by atoms with van der Waals surface area (Å²) in [6.07, 6.45) is 6.10. The Balaban J connectivity index is 1.20. The van der Waals surface area contributed by atoms with Crippen LogP contribution < -0.4 is 10.5 Å². The van der Waals surface area contributed by atoms with Gasteiger partial charge < -0.3 is 9.88 Å². The molecule has 2 fully saturated rings. The summed E-state index contributed by atoms with van der Waals surface area (Å²) in [6, 6.07) is 13.7. The van der Waals surface area contributed by atoms with E-state index in [0.717, 1.165) is 49.4 Å². The number of piperazine rings is 1. The lowest BCUT2D eigenvalue weighted by atomic mass is 10.1. The van der Waals surface area contributed by atoms with E-state index in [9.17, 15) is 9.18 Å². The fraction of sp³-hybridized carbons (Fsp3) is 0.391. The summed E-state index contributed by atoms with van der Waals surface area (Å²) < 4.78 is 13.2. The summed E-state index contributed by atoms with van der Waals surface area (Å²) in [7, 11) is 0. The zero-order chi connectivity index (χ0) is 19.8. The zero-order valence-electron chi connectivity index (χ0n) is 16.4. The van der Waals surface area contributed by atoms with E-state index in [2.05, 4.69) is 19.8 Å². The summed E-state index contributed by atoms with van der Waals surface area (Å²) in [6.45, 7) is 3.10. The topological polar surface area (TPSA) is 52.2 Å². The van der Waals surface area contributed by atoms with Gasteiger partial charge in [-0.25, -0.2) is 4.39 Å². The summed E-state index contributed by atoms with van der Waals surface area (Å²) in [5, 5.41) is 0.645. The Labute approximate surface area is 169 Å². The van der Waals surface area contributed by atoms with Gasteiger partial charge in [0.15, 0.2) is 0 Å². The molecule has 0 spiro atoms. The second kappa shape index (κ2) is 7.59. The molecule has 2 aliphatic rings. The monoisotopic (exact) mass is 392 g/mol. The average Bonchev–Trinajstić information content (AvgIpc) is 2.96. The molecular formula is C23H25FN4O. The number of nitrogens with one attached hydrogen (secondary N) is 1. The highest BCUT2D eigenvalue weighted by Crippen LogP contribution is 2.32. The lowest BCUT2D eigenvalue weighted by Gasteiger charge is -2.42. The van der Waals surface area contributed by atoms with Crippen molar-refractivity contribution < 1.29 is 4.39 Å². The van der Waals surface area contributed by atoms with Crippen LogP contribution in [0.25, 0.3) is 10.9 Å². The van der Waals surface area contributed by atoms with Crippen molar-refractivity contribution in [1.29, 1.82) is 0 Å². The number of nitrogens with zero attached hydrogens (tertiary/aromatic N) is 3. The minimum Gasteiger partial charge on any atom is -0.368 e. The van der Waals surface area contributed by atoms with Gasteiger partial charge in [-0.15, -0.1) is 0 Å². The van der Waals surface area contributed by atoms with Crippen LogP contribution in [-0.2, 0) is 6.42 Å². The maximum absolute atomic E-state index is 13.2. The van der Waals surface area contributed by atoms with Crippen LogP contribution in [0.15, 0.2) is 53.5 Å². The summed E-state index contributed by atoms with van der Waals surface area (Å²) >= 11 is 0. The van der Waals surface area contributed by atoms with Gasteiger partial charge in [0.05, 0.1) is 10.9 Å². The molecule has 0 amide bonds. The number of benzene rings is 1. The van der Waals surface area contributed by atoms with Gasteiger partial charge in [-0.3, -0.25) is 14.7 Å². The molecular weight excluding hydrogens is 367 g/mol. The van der Waals surface area contributed by atoms with Gasteiger partial charge in [-0.05, 0) is 74.7 Å². The molecule has 3 aromatic rings. The van der Waals surface area contributed by atoms with Crippen LogP contribution in [0.4, 0.5) is 10.1 Å². The number of rotatable bonds is 5. The van der Waals surface area contributed by atoms with Crippen LogP contribution in [0.5, 0.6) is 0 Å². The number of aromatic nitrogens is 2. The van der Waals surface area contributed by atoms with Crippen molar-refractivity contribution in [3.05, 3.63) is 70.5 Å². The molecule has 4 heterocycles. The SMILES string of the molecule is O=c1[nH]ccc2nc(CCCN3C4CCC3CN(c3ccc(F)cc3)C4)ccc12. The van der Waals surface area contributed by atoms with Gasteiger partial charge in [0.25, 0.3) is 5.56 Å². The summed E-state index contributed by atoms with van der Waals surface area (Å²) in [4.78, 5) is 24.2. The lowest BCUT2D eigenvalue weighted by molar-refractivity contribution is 0.167. The average molecular weight is 392 g/mol. The van der Waals surface area contributed by atoms with Crippen molar-refractivity contribution in [1.82, 2.24) is 14.9 Å². The minimum absolute atomic E-state index is 0.0860. The predicted octanol–water partition coefficient (Wildman–Crippen LogP) is 3.35. The van der Waals surface area contributed by atoms with E-state index in [1.807, 2.05) is 30.3 Å².